The zero-order valence-corrected chi connectivity index (χ0v) is 12.7. The van der Waals surface area contributed by atoms with Crippen LogP contribution in [0.4, 0.5) is 0 Å². The predicted molar refractivity (Wildman–Crippen MR) is 82.7 cm³/mol. The third kappa shape index (κ3) is 2.46. The Kier molecular flexibility index (Phi) is 3.44. The van der Waals surface area contributed by atoms with E-state index >= 15 is 0 Å². The van der Waals surface area contributed by atoms with Crippen LogP contribution >= 0.6 is 39.1 Å². The lowest BCUT2D eigenvalue weighted by molar-refractivity contribution is 1.22. The Morgan fingerprint density at radius 1 is 0.947 bits per heavy atom. The fraction of sp³-hybridized carbons (Fsp3) is 0. The summed E-state index contributed by atoms with van der Waals surface area (Å²) in [6.07, 6.45) is 1.44. The normalized spacial score (nSPS) is 10.9. The van der Waals surface area contributed by atoms with Gasteiger partial charge in [0.1, 0.15) is 11.5 Å². The third-order valence-corrected chi connectivity index (χ3v) is 3.85. The molecule has 0 N–H and O–H groups in total. The van der Waals surface area contributed by atoms with E-state index in [1.54, 1.807) is 6.07 Å². The van der Waals surface area contributed by atoms with Gasteiger partial charge in [0.25, 0.3) is 0 Å². The molecule has 2 aromatic carbocycles. The molecule has 19 heavy (non-hydrogen) atoms. The summed E-state index contributed by atoms with van der Waals surface area (Å²) in [6, 6.07) is 11.6. The summed E-state index contributed by atoms with van der Waals surface area (Å²) >= 11 is 15.8. The Balaban J connectivity index is 2.36. The van der Waals surface area contributed by atoms with Gasteiger partial charge in [-0.25, -0.2) is 9.97 Å². The summed E-state index contributed by atoms with van der Waals surface area (Å²) in [5, 5.41) is 1.87. The molecule has 1 heterocycles. The van der Waals surface area contributed by atoms with E-state index in [0.717, 1.165) is 26.5 Å². The minimum atomic E-state index is 0.430. The van der Waals surface area contributed by atoms with Crippen molar-refractivity contribution in [3.05, 3.63) is 57.4 Å². The van der Waals surface area contributed by atoms with Gasteiger partial charge in [0.2, 0.25) is 0 Å². The van der Waals surface area contributed by atoms with Crippen LogP contribution in [0.25, 0.3) is 22.0 Å². The van der Waals surface area contributed by atoms with Gasteiger partial charge in [-0.1, -0.05) is 51.3 Å². The van der Waals surface area contributed by atoms with Crippen molar-refractivity contribution in [2.24, 2.45) is 0 Å². The average Bonchev–Trinajstić information content (AvgIpc) is 2.38. The quantitative estimate of drug-likeness (QED) is 0.550. The van der Waals surface area contributed by atoms with Crippen molar-refractivity contribution in [3.63, 3.8) is 0 Å². The van der Waals surface area contributed by atoms with Crippen molar-refractivity contribution in [1.29, 1.82) is 0 Å². The van der Waals surface area contributed by atoms with Crippen LogP contribution in [0.5, 0.6) is 0 Å². The lowest BCUT2D eigenvalue weighted by Gasteiger charge is -2.08. The SMILES string of the molecule is Clc1cc(-c2ccc(Br)cc2)c2c(Cl)ncnc2c1. The largest absolute Gasteiger partial charge is 0.236 e. The molecule has 3 rings (SSSR count). The van der Waals surface area contributed by atoms with Crippen LogP contribution in [0.1, 0.15) is 0 Å². The van der Waals surface area contributed by atoms with Crippen molar-refractivity contribution in [3.8, 4) is 11.1 Å². The molecule has 5 heteroatoms. The second kappa shape index (κ2) is 5.08. The van der Waals surface area contributed by atoms with Gasteiger partial charge in [-0.3, -0.25) is 0 Å². The first-order chi connectivity index (χ1) is 9.15. The first-order valence-corrected chi connectivity index (χ1v) is 7.06. The Morgan fingerprint density at radius 2 is 1.68 bits per heavy atom. The van der Waals surface area contributed by atoms with Crippen molar-refractivity contribution in [1.82, 2.24) is 9.97 Å². The van der Waals surface area contributed by atoms with Crippen LogP contribution in [0, 0.1) is 0 Å². The molecular formula is C14H7BrCl2N2. The molecule has 0 spiro atoms. The second-order valence-electron chi connectivity index (χ2n) is 4.02. The van der Waals surface area contributed by atoms with Gasteiger partial charge in [0, 0.05) is 14.9 Å². The van der Waals surface area contributed by atoms with E-state index in [0.29, 0.717) is 10.2 Å². The lowest BCUT2D eigenvalue weighted by Crippen LogP contribution is -1.88. The van der Waals surface area contributed by atoms with Crippen LogP contribution in [-0.2, 0) is 0 Å². The van der Waals surface area contributed by atoms with Crippen LogP contribution in [0.3, 0.4) is 0 Å². The highest BCUT2D eigenvalue weighted by atomic mass is 79.9. The number of hydrogen-bond donors (Lipinski definition) is 0. The van der Waals surface area contributed by atoms with E-state index in [4.69, 9.17) is 23.2 Å². The molecule has 1 aromatic heterocycles. The highest BCUT2D eigenvalue weighted by Crippen LogP contribution is 2.34. The number of hydrogen-bond acceptors (Lipinski definition) is 2. The maximum atomic E-state index is 6.19. The summed E-state index contributed by atoms with van der Waals surface area (Å²) in [5.41, 5.74) is 2.69. The Morgan fingerprint density at radius 3 is 2.42 bits per heavy atom. The van der Waals surface area contributed by atoms with Gasteiger partial charge in [-0.2, -0.15) is 0 Å². The minimum Gasteiger partial charge on any atom is -0.236 e. The molecule has 0 atom stereocenters. The van der Waals surface area contributed by atoms with Crippen molar-refractivity contribution >= 4 is 50.0 Å². The van der Waals surface area contributed by atoms with Gasteiger partial charge >= 0.3 is 0 Å². The molecule has 3 aromatic rings. The van der Waals surface area contributed by atoms with E-state index in [9.17, 15) is 0 Å². The molecule has 0 saturated carbocycles. The maximum absolute atomic E-state index is 6.19. The van der Waals surface area contributed by atoms with E-state index < -0.39 is 0 Å². The number of fused-ring (bicyclic) bond motifs is 1. The number of benzene rings is 2. The van der Waals surface area contributed by atoms with Gasteiger partial charge < -0.3 is 0 Å². The highest BCUT2D eigenvalue weighted by Gasteiger charge is 2.10. The standard InChI is InChI=1S/C14H7BrCl2N2/c15-9-3-1-8(2-4-9)11-5-10(16)6-12-13(11)14(17)19-7-18-12/h1-7H. The lowest BCUT2D eigenvalue weighted by atomic mass is 10.0. The van der Waals surface area contributed by atoms with E-state index in [1.807, 2.05) is 30.3 Å². The Bertz CT molecular complexity index is 757. The van der Waals surface area contributed by atoms with Gasteiger partial charge in [0.15, 0.2) is 0 Å². The van der Waals surface area contributed by atoms with E-state index in [2.05, 4.69) is 25.9 Å². The van der Waals surface area contributed by atoms with Gasteiger partial charge in [-0.15, -0.1) is 0 Å². The molecule has 0 aliphatic rings. The highest BCUT2D eigenvalue weighted by molar-refractivity contribution is 9.10. The predicted octanol–water partition coefficient (Wildman–Crippen LogP) is 5.37. The molecule has 0 amide bonds. The summed E-state index contributed by atoms with van der Waals surface area (Å²) in [7, 11) is 0. The minimum absolute atomic E-state index is 0.430. The summed E-state index contributed by atoms with van der Waals surface area (Å²) in [6.45, 7) is 0. The van der Waals surface area contributed by atoms with Crippen molar-refractivity contribution < 1.29 is 0 Å². The fourth-order valence-electron chi connectivity index (χ4n) is 1.97. The molecule has 94 valence electrons. The van der Waals surface area contributed by atoms with Crippen LogP contribution in [0.15, 0.2) is 47.2 Å². The molecule has 0 aliphatic heterocycles. The molecule has 0 unspecified atom stereocenters. The summed E-state index contributed by atoms with van der Waals surface area (Å²) in [5.74, 6) is 0. The van der Waals surface area contributed by atoms with Gasteiger partial charge in [0.05, 0.1) is 5.52 Å². The van der Waals surface area contributed by atoms with Crippen molar-refractivity contribution in [2.45, 2.75) is 0 Å². The number of halogens is 3. The monoisotopic (exact) mass is 352 g/mol. The summed E-state index contributed by atoms with van der Waals surface area (Å²) in [4.78, 5) is 8.26. The topological polar surface area (TPSA) is 25.8 Å². The number of rotatable bonds is 1. The third-order valence-electron chi connectivity index (χ3n) is 2.81. The summed E-state index contributed by atoms with van der Waals surface area (Å²) < 4.78 is 1.02. The fourth-order valence-corrected chi connectivity index (χ4v) is 2.69. The molecular weight excluding hydrogens is 347 g/mol. The second-order valence-corrected chi connectivity index (χ2v) is 5.73. The average molecular weight is 354 g/mol. The molecule has 0 fully saturated rings. The first-order valence-electron chi connectivity index (χ1n) is 5.51. The zero-order chi connectivity index (χ0) is 13.4. The number of aromatic nitrogens is 2. The first kappa shape index (κ1) is 12.9. The maximum Gasteiger partial charge on any atom is 0.140 e. The van der Waals surface area contributed by atoms with Crippen LogP contribution < -0.4 is 0 Å². The molecule has 0 radical (unpaired) electrons. The Hall–Kier alpha value is -1.16. The van der Waals surface area contributed by atoms with Crippen molar-refractivity contribution in [2.75, 3.05) is 0 Å². The Labute approximate surface area is 128 Å². The molecule has 0 aliphatic carbocycles. The van der Waals surface area contributed by atoms with Gasteiger partial charge in [-0.05, 0) is 35.4 Å². The van der Waals surface area contributed by atoms with E-state index in [1.165, 1.54) is 6.33 Å². The molecule has 2 nitrogen and oxygen atoms in total. The number of nitrogens with zero attached hydrogens (tertiary/aromatic N) is 2. The van der Waals surface area contributed by atoms with Crippen LogP contribution in [0.2, 0.25) is 10.2 Å². The van der Waals surface area contributed by atoms with E-state index in [-0.39, 0.29) is 0 Å². The molecule has 0 bridgehead atoms. The smallest absolute Gasteiger partial charge is 0.140 e. The molecule has 0 saturated heterocycles. The van der Waals surface area contributed by atoms with Crippen LogP contribution in [-0.4, -0.2) is 9.97 Å². The zero-order valence-electron chi connectivity index (χ0n) is 9.57.